The van der Waals surface area contributed by atoms with Gasteiger partial charge in [0.2, 0.25) is 0 Å². The second-order valence-corrected chi connectivity index (χ2v) is 7.17. The highest BCUT2D eigenvalue weighted by molar-refractivity contribution is 5.95. The molecule has 0 aromatic carbocycles. The molecule has 0 spiro atoms. The van der Waals surface area contributed by atoms with Crippen molar-refractivity contribution in [3.63, 3.8) is 0 Å². The molecule has 3 aliphatic heterocycles. The van der Waals surface area contributed by atoms with Gasteiger partial charge in [0.25, 0.3) is 5.91 Å². The second kappa shape index (κ2) is 4.69. The Bertz CT molecular complexity index is 598. The molecular weight excluding hydrogens is 278 g/mol. The summed E-state index contributed by atoms with van der Waals surface area (Å²) in [6, 6.07) is 4.15. The summed E-state index contributed by atoms with van der Waals surface area (Å²) >= 11 is 0. The quantitative estimate of drug-likeness (QED) is 0.921. The largest absolute Gasteiger partial charge is 0.374 e. The third-order valence-corrected chi connectivity index (χ3v) is 5.70. The SMILES string of the molecule is O=C(NC1CC1)c1ccnc(N2C[C@@H]3[C@H](C2)[C@H]2CC[C@@H]3O2)c1. The van der Waals surface area contributed by atoms with Crippen molar-refractivity contribution in [3.8, 4) is 0 Å². The second-order valence-electron chi connectivity index (χ2n) is 7.17. The van der Waals surface area contributed by atoms with Crippen LogP contribution in [0.5, 0.6) is 0 Å². The number of rotatable bonds is 3. The number of nitrogens with one attached hydrogen (secondary N) is 1. The summed E-state index contributed by atoms with van der Waals surface area (Å²) in [6.07, 6.45) is 7.34. The molecule has 3 saturated heterocycles. The van der Waals surface area contributed by atoms with Gasteiger partial charge >= 0.3 is 0 Å². The molecular formula is C17H21N3O2. The zero-order valence-electron chi connectivity index (χ0n) is 12.6. The third kappa shape index (κ3) is 2.02. The highest BCUT2D eigenvalue weighted by Gasteiger charge is 2.53. The fourth-order valence-electron chi connectivity index (χ4n) is 4.38. The van der Waals surface area contributed by atoms with Crippen LogP contribution in [0.1, 0.15) is 36.0 Å². The van der Waals surface area contributed by atoms with Gasteiger partial charge in [0.1, 0.15) is 5.82 Å². The van der Waals surface area contributed by atoms with Gasteiger partial charge in [0.15, 0.2) is 0 Å². The summed E-state index contributed by atoms with van der Waals surface area (Å²) in [5.41, 5.74) is 0.730. The van der Waals surface area contributed by atoms with Crippen LogP contribution in [0.3, 0.4) is 0 Å². The topological polar surface area (TPSA) is 54.5 Å². The predicted molar refractivity (Wildman–Crippen MR) is 81.8 cm³/mol. The van der Waals surface area contributed by atoms with Gasteiger partial charge in [-0.05, 0) is 37.8 Å². The summed E-state index contributed by atoms with van der Waals surface area (Å²) in [7, 11) is 0. The molecule has 1 saturated carbocycles. The minimum Gasteiger partial charge on any atom is -0.374 e. The first-order chi connectivity index (χ1) is 10.8. The van der Waals surface area contributed by atoms with Gasteiger partial charge in [0.05, 0.1) is 12.2 Å². The molecule has 1 aliphatic carbocycles. The van der Waals surface area contributed by atoms with E-state index in [1.807, 2.05) is 12.1 Å². The Hall–Kier alpha value is -1.62. The number of amides is 1. The lowest BCUT2D eigenvalue weighted by Crippen LogP contribution is -2.27. The van der Waals surface area contributed by atoms with Gasteiger partial charge in [-0.2, -0.15) is 0 Å². The highest BCUT2D eigenvalue weighted by atomic mass is 16.5. The molecule has 4 atom stereocenters. The lowest BCUT2D eigenvalue weighted by atomic mass is 9.82. The fraction of sp³-hybridized carbons (Fsp3) is 0.647. The number of nitrogens with zero attached hydrogens (tertiary/aromatic N) is 2. The maximum atomic E-state index is 12.2. The lowest BCUT2D eigenvalue weighted by Gasteiger charge is -2.20. The van der Waals surface area contributed by atoms with E-state index in [2.05, 4.69) is 15.2 Å². The molecule has 4 aliphatic rings. The minimum atomic E-state index is 0.0361. The molecule has 4 heterocycles. The van der Waals surface area contributed by atoms with Crippen molar-refractivity contribution in [1.82, 2.24) is 10.3 Å². The maximum absolute atomic E-state index is 12.2. The van der Waals surface area contributed by atoms with Crippen LogP contribution in [0.25, 0.3) is 0 Å². The van der Waals surface area contributed by atoms with E-state index in [1.165, 1.54) is 12.8 Å². The van der Waals surface area contributed by atoms with E-state index >= 15 is 0 Å². The molecule has 4 fully saturated rings. The molecule has 1 N–H and O–H groups in total. The average Bonchev–Trinajstić information content (AvgIpc) is 2.99. The van der Waals surface area contributed by atoms with E-state index in [0.717, 1.165) is 37.3 Å². The van der Waals surface area contributed by atoms with Crippen molar-refractivity contribution in [2.24, 2.45) is 11.8 Å². The molecule has 5 nitrogen and oxygen atoms in total. The Morgan fingerprint density at radius 2 is 1.91 bits per heavy atom. The van der Waals surface area contributed by atoms with Crippen LogP contribution in [0.4, 0.5) is 5.82 Å². The number of anilines is 1. The van der Waals surface area contributed by atoms with Gasteiger partial charge in [-0.25, -0.2) is 4.98 Å². The van der Waals surface area contributed by atoms with Crippen molar-refractivity contribution in [1.29, 1.82) is 0 Å². The maximum Gasteiger partial charge on any atom is 0.251 e. The molecule has 5 heteroatoms. The number of carbonyl (C=O) groups is 1. The molecule has 5 rings (SSSR count). The van der Waals surface area contributed by atoms with Crippen molar-refractivity contribution in [2.45, 2.75) is 43.9 Å². The highest BCUT2D eigenvalue weighted by Crippen LogP contribution is 2.47. The van der Waals surface area contributed by atoms with Crippen LogP contribution >= 0.6 is 0 Å². The van der Waals surface area contributed by atoms with Crippen molar-refractivity contribution >= 4 is 11.7 Å². The summed E-state index contributed by atoms with van der Waals surface area (Å²) in [6.45, 7) is 2.04. The van der Waals surface area contributed by atoms with Crippen molar-refractivity contribution < 1.29 is 9.53 Å². The number of ether oxygens (including phenoxy) is 1. The Balaban J connectivity index is 1.34. The molecule has 1 aromatic heterocycles. The Morgan fingerprint density at radius 3 is 2.59 bits per heavy atom. The van der Waals surface area contributed by atoms with Gasteiger partial charge in [0, 0.05) is 42.7 Å². The Labute approximate surface area is 130 Å². The van der Waals surface area contributed by atoms with Crippen molar-refractivity contribution in [3.05, 3.63) is 23.9 Å². The van der Waals surface area contributed by atoms with Crippen LogP contribution in [-0.4, -0.2) is 42.2 Å². The smallest absolute Gasteiger partial charge is 0.251 e. The van der Waals surface area contributed by atoms with E-state index in [0.29, 0.717) is 30.1 Å². The normalized spacial score (nSPS) is 35.7. The van der Waals surface area contributed by atoms with Crippen LogP contribution in [0.15, 0.2) is 18.3 Å². The Morgan fingerprint density at radius 1 is 1.18 bits per heavy atom. The van der Waals surface area contributed by atoms with E-state index in [4.69, 9.17) is 4.74 Å². The van der Waals surface area contributed by atoms with Crippen LogP contribution < -0.4 is 10.2 Å². The van der Waals surface area contributed by atoms with E-state index in [-0.39, 0.29) is 5.91 Å². The lowest BCUT2D eigenvalue weighted by molar-refractivity contribution is 0.0849. The molecule has 2 bridgehead atoms. The van der Waals surface area contributed by atoms with E-state index in [9.17, 15) is 4.79 Å². The van der Waals surface area contributed by atoms with E-state index in [1.54, 1.807) is 6.20 Å². The average molecular weight is 299 g/mol. The number of hydrogen-bond acceptors (Lipinski definition) is 4. The fourth-order valence-corrected chi connectivity index (χ4v) is 4.38. The first kappa shape index (κ1) is 12.9. The van der Waals surface area contributed by atoms with Crippen LogP contribution in [-0.2, 0) is 4.74 Å². The number of hydrogen-bond donors (Lipinski definition) is 1. The van der Waals surface area contributed by atoms with Crippen LogP contribution in [0, 0.1) is 11.8 Å². The summed E-state index contributed by atoms with van der Waals surface area (Å²) in [4.78, 5) is 19.0. The standard InChI is InChI=1S/C17H21N3O2/c21-17(19-11-1-2-11)10-5-6-18-16(7-10)20-8-12-13(9-20)15-4-3-14(12)22-15/h5-7,11-15H,1-4,8-9H2,(H,19,21)/t12-,13+,14+,15-. The monoisotopic (exact) mass is 299 g/mol. The predicted octanol–water partition coefficient (Wildman–Crippen LogP) is 1.59. The zero-order chi connectivity index (χ0) is 14.7. The van der Waals surface area contributed by atoms with Gasteiger partial charge in [-0.3, -0.25) is 4.79 Å². The molecule has 1 amide bonds. The van der Waals surface area contributed by atoms with Gasteiger partial charge in [-0.1, -0.05) is 0 Å². The third-order valence-electron chi connectivity index (χ3n) is 5.70. The van der Waals surface area contributed by atoms with Crippen molar-refractivity contribution in [2.75, 3.05) is 18.0 Å². The molecule has 0 radical (unpaired) electrons. The molecule has 116 valence electrons. The van der Waals surface area contributed by atoms with Gasteiger partial charge in [-0.15, -0.1) is 0 Å². The molecule has 1 aromatic rings. The number of pyridine rings is 1. The summed E-state index contributed by atoms with van der Waals surface area (Å²) < 4.78 is 6.02. The minimum absolute atomic E-state index is 0.0361. The van der Waals surface area contributed by atoms with E-state index < -0.39 is 0 Å². The Kier molecular flexibility index (Phi) is 2.74. The zero-order valence-corrected chi connectivity index (χ0v) is 12.6. The summed E-state index contributed by atoms with van der Waals surface area (Å²) in [5.74, 6) is 2.29. The summed E-state index contributed by atoms with van der Waals surface area (Å²) in [5, 5.41) is 3.05. The van der Waals surface area contributed by atoms with Gasteiger partial charge < -0.3 is 15.0 Å². The molecule has 22 heavy (non-hydrogen) atoms. The molecule has 0 unspecified atom stereocenters. The van der Waals surface area contributed by atoms with Crippen LogP contribution in [0.2, 0.25) is 0 Å². The number of carbonyl (C=O) groups excluding carboxylic acids is 1. The first-order valence-corrected chi connectivity index (χ1v) is 8.45. The first-order valence-electron chi connectivity index (χ1n) is 8.45. The number of aromatic nitrogens is 1. The number of fused-ring (bicyclic) bond motifs is 5.